The molecule has 7 nitrogen and oxygen atoms in total. The topological polar surface area (TPSA) is 93.6 Å². The lowest BCUT2D eigenvalue weighted by atomic mass is 9.76. The zero-order chi connectivity index (χ0) is 32.7. The number of halogens is 3. The number of amides is 2. The molecule has 2 aliphatic rings. The van der Waals surface area contributed by atoms with Crippen LogP contribution in [0.1, 0.15) is 58.9 Å². The number of ether oxygens (including phenoxy) is 1. The Bertz CT molecular complexity index is 1860. The summed E-state index contributed by atoms with van der Waals surface area (Å²) < 4.78 is 6.59. The van der Waals surface area contributed by atoms with Gasteiger partial charge in [0.1, 0.15) is 0 Å². The smallest absolute Gasteiger partial charge is 0.339 e. The number of imide groups is 1. The summed E-state index contributed by atoms with van der Waals surface area (Å²) in [5.41, 5.74) is 3.72. The molecule has 6 rings (SSSR count). The fourth-order valence-electron chi connectivity index (χ4n) is 6.53. The molecular formula is C36H31BrCl2N2O5. The van der Waals surface area contributed by atoms with Gasteiger partial charge in [0.2, 0.25) is 17.6 Å². The summed E-state index contributed by atoms with van der Waals surface area (Å²) >= 11 is 15.5. The summed E-state index contributed by atoms with van der Waals surface area (Å²) in [6.45, 7) is 4.02. The molecule has 0 spiro atoms. The highest BCUT2D eigenvalue weighted by Crippen LogP contribution is 2.42. The summed E-state index contributed by atoms with van der Waals surface area (Å²) in [5, 5.41) is 1.05. The third-order valence-electron chi connectivity index (χ3n) is 8.94. The highest BCUT2D eigenvalue weighted by Gasteiger charge is 2.50. The van der Waals surface area contributed by atoms with Crippen LogP contribution in [0, 0.1) is 24.7 Å². The first-order valence-corrected chi connectivity index (χ1v) is 16.9. The number of pyridine rings is 1. The molecule has 4 aromatic rings. The van der Waals surface area contributed by atoms with Crippen molar-refractivity contribution in [1.82, 2.24) is 4.98 Å². The summed E-state index contributed by atoms with van der Waals surface area (Å²) in [6, 6.07) is 18.8. The van der Waals surface area contributed by atoms with E-state index in [2.05, 4.69) is 22.9 Å². The Labute approximate surface area is 285 Å². The van der Waals surface area contributed by atoms with Crippen LogP contribution in [0.4, 0.5) is 5.69 Å². The normalized spacial score (nSPS) is 20.1. The van der Waals surface area contributed by atoms with E-state index in [0.29, 0.717) is 44.4 Å². The minimum atomic E-state index is -1.10. The maximum Gasteiger partial charge on any atom is 0.339 e. The van der Waals surface area contributed by atoms with Crippen molar-refractivity contribution in [3.05, 3.63) is 92.9 Å². The van der Waals surface area contributed by atoms with Crippen molar-refractivity contribution < 1.29 is 23.9 Å². The molecule has 3 aromatic carbocycles. The molecule has 4 unspecified atom stereocenters. The molecule has 0 N–H and O–H groups in total. The Morgan fingerprint density at radius 1 is 1.00 bits per heavy atom. The first-order valence-electron chi connectivity index (χ1n) is 15.2. The lowest BCUT2D eigenvalue weighted by molar-refractivity contribution is -0.122. The fraction of sp³-hybridized carbons (Fsp3) is 0.306. The SMILES string of the molecule is Cc1cc(Br)cc2c(C(=O)OC(CCCl)C(=O)c3ccc(Cl)cc3)cc(-c3ccc(N4C(=O)C5CCC(C)CC5C4=O)cc3)nc12. The Morgan fingerprint density at radius 2 is 1.70 bits per heavy atom. The van der Waals surface area contributed by atoms with E-state index in [4.69, 9.17) is 32.9 Å². The average molecular weight is 722 g/mol. The lowest BCUT2D eigenvalue weighted by Gasteiger charge is -2.25. The van der Waals surface area contributed by atoms with Crippen molar-refractivity contribution in [3.8, 4) is 11.3 Å². The van der Waals surface area contributed by atoms with Crippen molar-refractivity contribution in [2.75, 3.05) is 10.8 Å². The Kier molecular flexibility index (Phi) is 9.33. The molecule has 0 radical (unpaired) electrons. The molecule has 46 heavy (non-hydrogen) atoms. The van der Waals surface area contributed by atoms with Crippen LogP contribution in [0.25, 0.3) is 22.2 Å². The van der Waals surface area contributed by atoms with E-state index >= 15 is 0 Å². The van der Waals surface area contributed by atoms with Gasteiger partial charge in [0.25, 0.3) is 0 Å². The number of nitrogens with zero attached hydrogens (tertiary/aromatic N) is 2. The van der Waals surface area contributed by atoms with Gasteiger partial charge in [-0.25, -0.2) is 9.78 Å². The summed E-state index contributed by atoms with van der Waals surface area (Å²) in [4.78, 5) is 59.8. The molecule has 2 heterocycles. The molecule has 1 aliphatic heterocycles. The molecule has 2 fully saturated rings. The van der Waals surface area contributed by atoms with Crippen molar-refractivity contribution in [3.63, 3.8) is 0 Å². The number of aromatic nitrogens is 1. The van der Waals surface area contributed by atoms with Crippen molar-refractivity contribution in [2.24, 2.45) is 17.8 Å². The molecule has 1 aliphatic carbocycles. The zero-order valence-corrected chi connectivity index (χ0v) is 28.4. The highest BCUT2D eigenvalue weighted by atomic mass is 79.9. The van der Waals surface area contributed by atoms with E-state index in [-0.39, 0.29) is 47.3 Å². The van der Waals surface area contributed by atoms with Gasteiger partial charge in [-0.3, -0.25) is 19.3 Å². The van der Waals surface area contributed by atoms with Gasteiger partial charge in [-0.05, 0) is 92.3 Å². The monoisotopic (exact) mass is 720 g/mol. The Balaban J connectivity index is 1.34. The molecule has 0 bridgehead atoms. The summed E-state index contributed by atoms with van der Waals surface area (Å²) in [7, 11) is 0. The number of carbonyl (C=O) groups excluding carboxylic acids is 4. The van der Waals surface area contributed by atoms with E-state index in [1.54, 1.807) is 60.7 Å². The van der Waals surface area contributed by atoms with Crippen LogP contribution in [-0.2, 0) is 14.3 Å². The fourth-order valence-corrected chi connectivity index (χ4v) is 7.43. The second kappa shape index (κ2) is 13.3. The third kappa shape index (κ3) is 6.23. The van der Waals surface area contributed by atoms with Gasteiger partial charge in [-0.2, -0.15) is 0 Å². The number of rotatable bonds is 8. The number of hydrogen-bond acceptors (Lipinski definition) is 6. The molecule has 2 amide bonds. The number of aryl methyl sites for hydroxylation is 1. The molecule has 1 saturated heterocycles. The lowest BCUT2D eigenvalue weighted by Crippen LogP contribution is -2.30. The van der Waals surface area contributed by atoms with Crippen LogP contribution in [0.15, 0.2) is 71.2 Å². The highest BCUT2D eigenvalue weighted by molar-refractivity contribution is 9.10. The number of benzene rings is 3. The van der Waals surface area contributed by atoms with Gasteiger partial charge in [0, 0.05) is 38.3 Å². The quantitative estimate of drug-likeness (QED) is 0.0783. The second-order valence-corrected chi connectivity index (χ2v) is 13.8. The Morgan fingerprint density at radius 3 is 2.39 bits per heavy atom. The average Bonchev–Trinajstić information content (AvgIpc) is 3.28. The predicted molar refractivity (Wildman–Crippen MR) is 182 cm³/mol. The van der Waals surface area contributed by atoms with Crippen LogP contribution >= 0.6 is 39.1 Å². The predicted octanol–water partition coefficient (Wildman–Crippen LogP) is 8.59. The van der Waals surface area contributed by atoms with Gasteiger partial charge in [-0.1, -0.05) is 46.6 Å². The number of hydrogen-bond donors (Lipinski definition) is 0. The third-order valence-corrected chi connectivity index (χ3v) is 9.87. The standard InChI is InChI=1S/C36H31BrCl2N2O5/c1-19-3-12-26-28(15-19)35(44)41(34(26)43)25-10-6-21(7-11-25)30-18-29(27-17-23(37)16-20(2)32(27)40-30)36(45)46-31(13-14-38)33(42)22-4-8-24(39)9-5-22/h4-11,16-19,26,28,31H,3,12-15H2,1-2H3. The van der Waals surface area contributed by atoms with Crippen LogP contribution in [0.5, 0.6) is 0 Å². The number of Topliss-reactive ketones (excluding diaryl/α,β-unsaturated/α-hetero) is 1. The van der Waals surface area contributed by atoms with Crippen LogP contribution in [0.2, 0.25) is 5.02 Å². The van der Waals surface area contributed by atoms with E-state index < -0.39 is 12.1 Å². The minimum Gasteiger partial charge on any atom is -0.450 e. The number of anilines is 1. The van der Waals surface area contributed by atoms with Gasteiger partial charge in [-0.15, -0.1) is 11.6 Å². The van der Waals surface area contributed by atoms with Gasteiger partial charge >= 0.3 is 5.97 Å². The molecule has 236 valence electrons. The number of esters is 1. The molecule has 10 heteroatoms. The van der Waals surface area contributed by atoms with Crippen LogP contribution < -0.4 is 4.90 Å². The summed E-state index contributed by atoms with van der Waals surface area (Å²) in [5.74, 6) is -1.32. The molecule has 4 atom stereocenters. The van der Waals surface area contributed by atoms with Crippen LogP contribution in [0.3, 0.4) is 0 Å². The molecule has 1 aromatic heterocycles. The first-order chi connectivity index (χ1) is 22.0. The van der Waals surface area contributed by atoms with E-state index in [1.165, 1.54) is 4.90 Å². The van der Waals surface area contributed by atoms with E-state index in [1.807, 2.05) is 13.0 Å². The zero-order valence-electron chi connectivity index (χ0n) is 25.3. The Hall–Kier alpha value is -3.59. The van der Waals surface area contributed by atoms with E-state index in [0.717, 1.165) is 29.3 Å². The number of carbonyl (C=O) groups is 4. The van der Waals surface area contributed by atoms with Crippen molar-refractivity contribution >= 4 is 79.3 Å². The van der Waals surface area contributed by atoms with Crippen LogP contribution in [-0.4, -0.2) is 40.5 Å². The maximum absolute atomic E-state index is 13.8. The minimum absolute atomic E-state index is 0.110. The number of fused-ring (bicyclic) bond motifs is 2. The largest absolute Gasteiger partial charge is 0.450 e. The molecule has 1 saturated carbocycles. The first kappa shape index (κ1) is 32.4. The van der Waals surface area contributed by atoms with Gasteiger partial charge in [0.05, 0.1) is 34.3 Å². The van der Waals surface area contributed by atoms with Crippen molar-refractivity contribution in [1.29, 1.82) is 0 Å². The number of alkyl halides is 1. The number of ketones is 1. The van der Waals surface area contributed by atoms with E-state index in [9.17, 15) is 19.2 Å². The summed E-state index contributed by atoms with van der Waals surface area (Å²) in [6.07, 6.45) is 1.44. The maximum atomic E-state index is 13.8. The van der Waals surface area contributed by atoms with Crippen molar-refractivity contribution in [2.45, 2.75) is 45.6 Å². The van der Waals surface area contributed by atoms with Gasteiger partial charge < -0.3 is 4.74 Å². The molecular weight excluding hydrogens is 691 g/mol. The second-order valence-electron chi connectivity index (χ2n) is 12.1. The van der Waals surface area contributed by atoms with Gasteiger partial charge in [0.15, 0.2) is 6.10 Å².